The first kappa shape index (κ1) is 19.5. The summed E-state index contributed by atoms with van der Waals surface area (Å²) < 4.78 is 0. The smallest absolute Gasteiger partial charge is 0.185 e. The molecule has 1 aromatic carbocycles. The van der Waals surface area contributed by atoms with E-state index in [2.05, 4.69) is 54.9 Å². The largest absolute Gasteiger partial charge is 0.370 e. The highest BCUT2D eigenvalue weighted by Gasteiger charge is 2.13. The number of benzene rings is 1. The molecule has 0 aliphatic heterocycles. The minimum atomic E-state index is 0.163. The van der Waals surface area contributed by atoms with Crippen LogP contribution < -0.4 is 17.2 Å². The van der Waals surface area contributed by atoms with E-state index in [0.717, 1.165) is 32.5 Å². The Morgan fingerprint density at radius 1 is 1.04 bits per heavy atom. The maximum Gasteiger partial charge on any atom is 0.185 e. The molecule has 0 fully saturated rings. The number of nitrogens with two attached hydrogens (primary N) is 3. The fourth-order valence-corrected chi connectivity index (χ4v) is 2.46. The Bertz CT molecular complexity index is 469. The second-order valence-corrected chi connectivity index (χ2v) is 7.03. The SMILES string of the molecule is CC(C)(C)c1ccc(CN(CCCN)CCCN=C(N)N)cc1. The monoisotopic (exact) mass is 319 g/mol. The number of aliphatic imine (C=N–C) groups is 1. The average molecular weight is 319 g/mol. The summed E-state index contributed by atoms with van der Waals surface area (Å²) in [4.78, 5) is 6.46. The first-order chi connectivity index (χ1) is 10.8. The summed E-state index contributed by atoms with van der Waals surface area (Å²) in [6, 6.07) is 8.92. The van der Waals surface area contributed by atoms with Crippen molar-refractivity contribution in [1.82, 2.24) is 4.90 Å². The molecule has 130 valence electrons. The molecule has 0 aliphatic carbocycles. The normalized spacial score (nSPS) is 11.7. The average Bonchev–Trinajstić information content (AvgIpc) is 2.48. The van der Waals surface area contributed by atoms with Crippen LogP contribution in [-0.2, 0) is 12.0 Å². The van der Waals surface area contributed by atoms with Crippen LogP contribution in [0, 0.1) is 0 Å². The van der Waals surface area contributed by atoms with Gasteiger partial charge in [-0.3, -0.25) is 9.89 Å². The molecular weight excluding hydrogens is 286 g/mol. The van der Waals surface area contributed by atoms with Crippen molar-refractivity contribution in [1.29, 1.82) is 0 Å². The highest BCUT2D eigenvalue weighted by atomic mass is 15.1. The lowest BCUT2D eigenvalue weighted by molar-refractivity contribution is 0.262. The van der Waals surface area contributed by atoms with Crippen LogP contribution in [0.5, 0.6) is 0 Å². The van der Waals surface area contributed by atoms with Crippen LogP contribution in [0.15, 0.2) is 29.3 Å². The fourth-order valence-electron chi connectivity index (χ4n) is 2.46. The Morgan fingerprint density at radius 2 is 1.65 bits per heavy atom. The van der Waals surface area contributed by atoms with E-state index in [4.69, 9.17) is 17.2 Å². The second-order valence-electron chi connectivity index (χ2n) is 7.03. The number of nitrogens with zero attached hydrogens (tertiary/aromatic N) is 2. The van der Waals surface area contributed by atoms with Gasteiger partial charge in [0.1, 0.15) is 0 Å². The van der Waals surface area contributed by atoms with Crippen molar-refractivity contribution < 1.29 is 0 Å². The zero-order valence-corrected chi connectivity index (χ0v) is 14.9. The van der Waals surface area contributed by atoms with Gasteiger partial charge >= 0.3 is 0 Å². The molecule has 0 bridgehead atoms. The van der Waals surface area contributed by atoms with E-state index in [1.807, 2.05) is 0 Å². The van der Waals surface area contributed by atoms with E-state index >= 15 is 0 Å². The summed E-state index contributed by atoms with van der Waals surface area (Å²) in [6.45, 7) is 11.0. The van der Waals surface area contributed by atoms with Crippen LogP contribution in [0.3, 0.4) is 0 Å². The van der Waals surface area contributed by atoms with Gasteiger partial charge in [0.15, 0.2) is 5.96 Å². The predicted molar refractivity (Wildman–Crippen MR) is 99.4 cm³/mol. The van der Waals surface area contributed by atoms with Gasteiger partial charge in [0.25, 0.3) is 0 Å². The van der Waals surface area contributed by atoms with Crippen molar-refractivity contribution in [2.75, 3.05) is 26.2 Å². The van der Waals surface area contributed by atoms with E-state index < -0.39 is 0 Å². The van der Waals surface area contributed by atoms with Crippen molar-refractivity contribution in [2.24, 2.45) is 22.2 Å². The highest BCUT2D eigenvalue weighted by molar-refractivity contribution is 5.75. The third-order valence-electron chi connectivity index (χ3n) is 3.83. The Kier molecular flexibility index (Phi) is 8.06. The molecule has 1 rings (SSSR count). The molecule has 0 aromatic heterocycles. The highest BCUT2D eigenvalue weighted by Crippen LogP contribution is 2.22. The summed E-state index contributed by atoms with van der Waals surface area (Å²) in [5.74, 6) is 0.163. The first-order valence-electron chi connectivity index (χ1n) is 8.40. The molecule has 5 heteroatoms. The zero-order chi connectivity index (χ0) is 17.3. The molecule has 0 saturated heterocycles. The number of hydrogen-bond donors (Lipinski definition) is 3. The van der Waals surface area contributed by atoms with Crippen LogP contribution in [0.25, 0.3) is 0 Å². The maximum absolute atomic E-state index is 5.65. The number of hydrogen-bond acceptors (Lipinski definition) is 3. The van der Waals surface area contributed by atoms with Crippen molar-refractivity contribution in [3.8, 4) is 0 Å². The summed E-state index contributed by atoms with van der Waals surface area (Å²) in [5.41, 5.74) is 19.3. The summed E-state index contributed by atoms with van der Waals surface area (Å²) in [6.07, 6.45) is 1.95. The zero-order valence-electron chi connectivity index (χ0n) is 14.9. The second kappa shape index (κ2) is 9.53. The van der Waals surface area contributed by atoms with Gasteiger partial charge < -0.3 is 17.2 Å². The van der Waals surface area contributed by atoms with Crippen LogP contribution in [0.2, 0.25) is 0 Å². The number of guanidine groups is 1. The summed E-state index contributed by atoms with van der Waals surface area (Å²) >= 11 is 0. The minimum Gasteiger partial charge on any atom is -0.370 e. The Hall–Kier alpha value is -1.59. The molecule has 0 spiro atoms. The molecule has 0 atom stereocenters. The van der Waals surface area contributed by atoms with Crippen LogP contribution >= 0.6 is 0 Å². The van der Waals surface area contributed by atoms with Crippen molar-refractivity contribution >= 4 is 5.96 Å². The molecule has 0 heterocycles. The molecule has 23 heavy (non-hydrogen) atoms. The topological polar surface area (TPSA) is 93.7 Å². The Labute approximate surface area is 140 Å². The van der Waals surface area contributed by atoms with Crippen molar-refractivity contribution in [3.63, 3.8) is 0 Å². The van der Waals surface area contributed by atoms with Crippen LogP contribution in [-0.4, -0.2) is 37.0 Å². The molecule has 5 nitrogen and oxygen atoms in total. The van der Waals surface area contributed by atoms with Gasteiger partial charge in [0, 0.05) is 19.6 Å². The maximum atomic E-state index is 5.65. The third kappa shape index (κ3) is 8.00. The fraction of sp³-hybridized carbons (Fsp3) is 0.611. The molecule has 6 N–H and O–H groups in total. The molecular formula is C18H33N5. The van der Waals surface area contributed by atoms with Gasteiger partial charge in [-0.2, -0.15) is 0 Å². The molecule has 0 aliphatic rings. The van der Waals surface area contributed by atoms with Gasteiger partial charge in [-0.25, -0.2) is 0 Å². The molecule has 0 saturated carbocycles. The number of rotatable bonds is 9. The summed E-state index contributed by atoms with van der Waals surface area (Å²) in [5, 5.41) is 0. The molecule has 0 unspecified atom stereocenters. The van der Waals surface area contributed by atoms with Crippen molar-refractivity contribution in [3.05, 3.63) is 35.4 Å². The quantitative estimate of drug-likeness (QED) is 0.367. The lowest BCUT2D eigenvalue weighted by Gasteiger charge is -2.23. The van der Waals surface area contributed by atoms with E-state index in [1.165, 1.54) is 11.1 Å². The van der Waals surface area contributed by atoms with E-state index in [1.54, 1.807) is 0 Å². The Morgan fingerprint density at radius 3 is 2.17 bits per heavy atom. The predicted octanol–water partition coefficient (Wildman–Crippen LogP) is 1.80. The lowest BCUT2D eigenvalue weighted by Crippen LogP contribution is -2.28. The Balaban J connectivity index is 2.59. The van der Waals surface area contributed by atoms with Crippen LogP contribution in [0.4, 0.5) is 0 Å². The van der Waals surface area contributed by atoms with Gasteiger partial charge in [-0.1, -0.05) is 45.0 Å². The van der Waals surface area contributed by atoms with Gasteiger partial charge in [0.05, 0.1) is 0 Å². The van der Waals surface area contributed by atoms with E-state index in [-0.39, 0.29) is 11.4 Å². The van der Waals surface area contributed by atoms with E-state index in [0.29, 0.717) is 13.1 Å². The van der Waals surface area contributed by atoms with Gasteiger partial charge in [-0.15, -0.1) is 0 Å². The van der Waals surface area contributed by atoms with Gasteiger partial charge in [-0.05, 0) is 42.5 Å². The van der Waals surface area contributed by atoms with Crippen LogP contribution in [0.1, 0.15) is 44.7 Å². The molecule has 0 radical (unpaired) electrons. The minimum absolute atomic E-state index is 0.163. The van der Waals surface area contributed by atoms with Gasteiger partial charge in [0.2, 0.25) is 0 Å². The third-order valence-corrected chi connectivity index (χ3v) is 3.83. The first-order valence-corrected chi connectivity index (χ1v) is 8.40. The lowest BCUT2D eigenvalue weighted by atomic mass is 9.87. The standard InChI is InChI=1S/C18H33N5/c1-18(2,3)16-8-6-15(7-9-16)14-23(12-4-10-19)13-5-11-22-17(20)21/h6-9H,4-5,10-14,19H2,1-3H3,(H4,20,21,22). The van der Waals surface area contributed by atoms with E-state index in [9.17, 15) is 0 Å². The molecule has 1 aromatic rings. The van der Waals surface area contributed by atoms with Crippen molar-refractivity contribution in [2.45, 2.75) is 45.6 Å². The molecule has 0 amide bonds. The summed E-state index contributed by atoms with van der Waals surface area (Å²) in [7, 11) is 0.